The van der Waals surface area contributed by atoms with Crippen LogP contribution in [0.25, 0.3) is 0 Å². The first-order chi connectivity index (χ1) is 13.9. The van der Waals surface area contributed by atoms with Gasteiger partial charge in [0.15, 0.2) is 0 Å². The summed E-state index contributed by atoms with van der Waals surface area (Å²) < 4.78 is 5.78. The van der Waals surface area contributed by atoms with E-state index >= 15 is 0 Å². The van der Waals surface area contributed by atoms with Gasteiger partial charge in [-0.05, 0) is 57.9 Å². The summed E-state index contributed by atoms with van der Waals surface area (Å²) in [5, 5.41) is 3.16. The molecule has 0 bridgehead atoms. The van der Waals surface area contributed by atoms with E-state index < -0.39 is 0 Å². The molecule has 2 aromatic rings. The van der Waals surface area contributed by atoms with E-state index in [1.807, 2.05) is 32.0 Å². The van der Waals surface area contributed by atoms with Crippen molar-refractivity contribution in [3.05, 3.63) is 53.1 Å². The number of hydrogen-bond donors (Lipinski definition) is 1. The quantitative estimate of drug-likeness (QED) is 0.798. The van der Waals surface area contributed by atoms with Crippen molar-refractivity contribution in [2.45, 2.75) is 40.7 Å². The lowest BCUT2D eigenvalue weighted by Crippen LogP contribution is -2.53. The monoisotopic (exact) mass is 395 g/mol. The summed E-state index contributed by atoms with van der Waals surface area (Å²) in [6.07, 6.45) is 0. The lowest BCUT2D eigenvalue weighted by Gasteiger charge is -2.39. The number of amides is 1. The number of hydrogen-bond acceptors (Lipinski definition) is 4. The van der Waals surface area contributed by atoms with Gasteiger partial charge < -0.3 is 15.0 Å². The van der Waals surface area contributed by atoms with Gasteiger partial charge in [0, 0.05) is 31.9 Å². The Morgan fingerprint density at radius 3 is 2.31 bits per heavy atom. The van der Waals surface area contributed by atoms with Gasteiger partial charge in [-0.3, -0.25) is 9.69 Å². The van der Waals surface area contributed by atoms with Crippen molar-refractivity contribution in [2.24, 2.45) is 0 Å². The molecule has 1 aliphatic heterocycles. The van der Waals surface area contributed by atoms with E-state index in [0.29, 0.717) is 6.61 Å². The minimum atomic E-state index is -0.167. The maximum atomic E-state index is 12.9. The third-order valence-corrected chi connectivity index (χ3v) is 5.67. The van der Waals surface area contributed by atoms with Crippen molar-refractivity contribution in [3.63, 3.8) is 0 Å². The molecule has 3 rings (SSSR count). The molecule has 1 amide bonds. The van der Waals surface area contributed by atoms with Crippen LogP contribution < -0.4 is 15.0 Å². The molecule has 0 spiro atoms. The molecule has 156 valence electrons. The number of piperazine rings is 1. The minimum absolute atomic E-state index is 0.0585. The van der Waals surface area contributed by atoms with Gasteiger partial charge in [0.25, 0.3) is 0 Å². The molecule has 0 unspecified atom stereocenters. The molecule has 1 heterocycles. The number of benzene rings is 2. The van der Waals surface area contributed by atoms with Crippen LogP contribution in [0.4, 0.5) is 11.4 Å². The number of nitrogens with one attached hydrogen (secondary N) is 1. The number of carbonyl (C=O) groups is 1. The molecular weight excluding hydrogens is 362 g/mol. The average Bonchev–Trinajstić information content (AvgIpc) is 2.71. The van der Waals surface area contributed by atoms with E-state index in [4.69, 9.17) is 4.74 Å². The highest BCUT2D eigenvalue weighted by Crippen LogP contribution is 2.29. The van der Waals surface area contributed by atoms with Gasteiger partial charge in [-0.15, -0.1) is 0 Å². The molecule has 1 aliphatic rings. The number of para-hydroxylation sites is 2. The van der Waals surface area contributed by atoms with Crippen LogP contribution in [0.5, 0.6) is 5.75 Å². The SMILES string of the molecule is CCOc1ccccc1N1CCN([C@H](C)C(=O)Nc2c(C)cc(C)cc2C)CC1. The van der Waals surface area contributed by atoms with Gasteiger partial charge in [0.2, 0.25) is 5.91 Å². The zero-order valence-corrected chi connectivity index (χ0v) is 18.3. The smallest absolute Gasteiger partial charge is 0.241 e. The van der Waals surface area contributed by atoms with Crippen LogP contribution in [0.15, 0.2) is 36.4 Å². The first kappa shape index (κ1) is 21.2. The van der Waals surface area contributed by atoms with E-state index in [9.17, 15) is 4.79 Å². The van der Waals surface area contributed by atoms with Crippen LogP contribution in [0.3, 0.4) is 0 Å². The first-order valence-corrected chi connectivity index (χ1v) is 10.5. The van der Waals surface area contributed by atoms with Crippen LogP contribution in [0.2, 0.25) is 0 Å². The minimum Gasteiger partial charge on any atom is -0.492 e. The van der Waals surface area contributed by atoms with Crippen LogP contribution >= 0.6 is 0 Å². The summed E-state index contributed by atoms with van der Waals surface area (Å²) in [5.74, 6) is 0.989. The summed E-state index contributed by atoms with van der Waals surface area (Å²) in [6.45, 7) is 14.3. The molecule has 0 aliphatic carbocycles. The van der Waals surface area contributed by atoms with Gasteiger partial charge in [-0.1, -0.05) is 29.8 Å². The Labute approximate surface area is 174 Å². The van der Waals surface area contributed by atoms with Crippen LogP contribution in [0, 0.1) is 20.8 Å². The van der Waals surface area contributed by atoms with Gasteiger partial charge >= 0.3 is 0 Å². The number of anilines is 2. The van der Waals surface area contributed by atoms with Crippen molar-refractivity contribution in [1.82, 2.24) is 4.90 Å². The third kappa shape index (κ3) is 4.91. The summed E-state index contributed by atoms with van der Waals surface area (Å²) in [5.41, 5.74) is 5.52. The van der Waals surface area contributed by atoms with Crippen molar-refractivity contribution in [3.8, 4) is 5.75 Å². The van der Waals surface area contributed by atoms with Gasteiger partial charge in [0.1, 0.15) is 5.75 Å². The zero-order valence-electron chi connectivity index (χ0n) is 18.3. The molecule has 29 heavy (non-hydrogen) atoms. The zero-order chi connectivity index (χ0) is 21.0. The summed E-state index contributed by atoms with van der Waals surface area (Å²) in [4.78, 5) is 17.5. The van der Waals surface area contributed by atoms with E-state index in [0.717, 1.165) is 54.4 Å². The Morgan fingerprint density at radius 2 is 1.69 bits per heavy atom. The predicted molar refractivity (Wildman–Crippen MR) is 120 cm³/mol. The number of rotatable bonds is 6. The lowest BCUT2D eigenvalue weighted by molar-refractivity contribution is -0.120. The molecular formula is C24H33N3O2. The fraction of sp³-hybridized carbons (Fsp3) is 0.458. The average molecular weight is 396 g/mol. The maximum Gasteiger partial charge on any atom is 0.241 e. The second kappa shape index (κ2) is 9.31. The standard InChI is InChI=1S/C24H33N3O2/c1-6-29-22-10-8-7-9-21(22)27-13-11-26(12-14-27)20(5)24(28)25-23-18(3)15-17(2)16-19(23)4/h7-10,15-16,20H,6,11-14H2,1-5H3,(H,25,28)/t20-/m1/s1. The van der Waals surface area contributed by atoms with Gasteiger partial charge in [0.05, 0.1) is 18.3 Å². The highest BCUT2D eigenvalue weighted by Gasteiger charge is 2.27. The van der Waals surface area contributed by atoms with E-state index in [1.165, 1.54) is 5.56 Å². The summed E-state index contributed by atoms with van der Waals surface area (Å²) >= 11 is 0. The third-order valence-electron chi connectivity index (χ3n) is 5.67. The molecule has 5 nitrogen and oxygen atoms in total. The summed E-state index contributed by atoms with van der Waals surface area (Å²) in [7, 11) is 0. The summed E-state index contributed by atoms with van der Waals surface area (Å²) in [6, 6.07) is 12.2. The molecule has 0 radical (unpaired) electrons. The van der Waals surface area contributed by atoms with Crippen LogP contribution in [0.1, 0.15) is 30.5 Å². The second-order valence-corrected chi connectivity index (χ2v) is 7.86. The van der Waals surface area contributed by atoms with Gasteiger partial charge in [-0.2, -0.15) is 0 Å². The Hall–Kier alpha value is -2.53. The Morgan fingerprint density at radius 1 is 1.07 bits per heavy atom. The van der Waals surface area contributed by atoms with E-state index in [1.54, 1.807) is 0 Å². The van der Waals surface area contributed by atoms with Gasteiger partial charge in [-0.25, -0.2) is 0 Å². The number of aryl methyl sites for hydroxylation is 3. The number of ether oxygens (including phenoxy) is 1. The van der Waals surface area contributed by atoms with Crippen molar-refractivity contribution >= 4 is 17.3 Å². The normalized spacial score (nSPS) is 15.8. The Bertz CT molecular complexity index is 834. The molecule has 1 atom stereocenters. The van der Waals surface area contributed by atoms with Crippen molar-refractivity contribution in [1.29, 1.82) is 0 Å². The van der Waals surface area contributed by atoms with Crippen molar-refractivity contribution in [2.75, 3.05) is 43.0 Å². The second-order valence-electron chi connectivity index (χ2n) is 7.86. The maximum absolute atomic E-state index is 12.9. The molecule has 2 aromatic carbocycles. The molecule has 1 fully saturated rings. The fourth-order valence-electron chi connectivity index (χ4n) is 4.12. The molecule has 0 saturated carbocycles. The largest absolute Gasteiger partial charge is 0.492 e. The highest BCUT2D eigenvalue weighted by atomic mass is 16.5. The lowest BCUT2D eigenvalue weighted by atomic mass is 10.0. The van der Waals surface area contributed by atoms with Crippen LogP contribution in [-0.2, 0) is 4.79 Å². The molecule has 5 heteroatoms. The highest BCUT2D eigenvalue weighted by molar-refractivity contribution is 5.96. The first-order valence-electron chi connectivity index (χ1n) is 10.5. The molecule has 1 N–H and O–H groups in total. The Balaban J connectivity index is 1.62. The number of nitrogens with zero attached hydrogens (tertiary/aromatic N) is 2. The predicted octanol–water partition coefficient (Wildman–Crippen LogP) is 4.16. The van der Waals surface area contributed by atoms with Crippen molar-refractivity contribution < 1.29 is 9.53 Å². The Kier molecular flexibility index (Phi) is 6.80. The van der Waals surface area contributed by atoms with E-state index in [2.05, 4.69) is 54.1 Å². The molecule has 1 saturated heterocycles. The fourth-order valence-corrected chi connectivity index (χ4v) is 4.12. The topological polar surface area (TPSA) is 44.8 Å². The number of carbonyl (C=O) groups excluding carboxylic acids is 1. The molecule has 0 aromatic heterocycles. The van der Waals surface area contributed by atoms with E-state index in [-0.39, 0.29) is 11.9 Å². The van der Waals surface area contributed by atoms with Crippen LogP contribution in [-0.4, -0.2) is 49.6 Å².